The summed E-state index contributed by atoms with van der Waals surface area (Å²) in [6.07, 6.45) is 2.81. The molecule has 6 heteroatoms. The topological polar surface area (TPSA) is 63.6 Å². The highest BCUT2D eigenvalue weighted by molar-refractivity contribution is 7.73. The molecule has 0 amide bonds. The van der Waals surface area contributed by atoms with Crippen molar-refractivity contribution in [2.24, 2.45) is 0 Å². The molecular formula is C10H20O4P2+2. The van der Waals surface area contributed by atoms with Crippen LogP contribution in [0.5, 0.6) is 0 Å². The van der Waals surface area contributed by atoms with Gasteiger partial charge in [0.05, 0.1) is 6.61 Å². The lowest BCUT2D eigenvalue weighted by Crippen LogP contribution is -1.97. The largest absolute Gasteiger partial charge is 0.541 e. The molecule has 0 spiro atoms. The minimum atomic E-state index is -3.21. The van der Waals surface area contributed by atoms with E-state index < -0.39 is 14.7 Å². The smallest absolute Gasteiger partial charge is 0.392 e. The fourth-order valence-electron chi connectivity index (χ4n) is 1.13. The average Bonchev–Trinajstić information content (AvgIpc) is 2.13. The van der Waals surface area contributed by atoms with Crippen molar-refractivity contribution in [1.82, 2.24) is 0 Å². The molecule has 4 nitrogen and oxygen atoms in total. The molecule has 0 aliphatic carbocycles. The van der Waals surface area contributed by atoms with Crippen LogP contribution in [0.2, 0.25) is 0 Å². The fraction of sp³-hybridized carbons (Fsp3) is 0.600. The van der Waals surface area contributed by atoms with E-state index >= 15 is 0 Å². The zero-order chi connectivity index (χ0) is 12.8. The van der Waals surface area contributed by atoms with Gasteiger partial charge >= 0.3 is 7.37 Å². The quantitative estimate of drug-likeness (QED) is 0.435. The van der Waals surface area contributed by atoms with E-state index in [1.165, 1.54) is 0 Å². The molecule has 0 saturated carbocycles. The Hall–Kier alpha value is -0.140. The molecule has 0 aromatic rings. The Bertz CT molecular complexity index is 330. The van der Waals surface area contributed by atoms with Gasteiger partial charge in [-0.3, -0.25) is 4.57 Å². The van der Waals surface area contributed by atoms with Gasteiger partial charge < -0.3 is 5.11 Å². The van der Waals surface area contributed by atoms with Gasteiger partial charge in [0.25, 0.3) is 0 Å². The molecule has 0 rings (SSSR count). The third kappa shape index (κ3) is 7.19. The molecule has 1 N–H and O–H groups in total. The van der Waals surface area contributed by atoms with Crippen LogP contribution < -0.4 is 0 Å². The lowest BCUT2D eigenvalue weighted by molar-refractivity contribution is 0.341. The van der Waals surface area contributed by atoms with Gasteiger partial charge in [-0.25, -0.2) is 4.31 Å². The van der Waals surface area contributed by atoms with Crippen molar-refractivity contribution in [2.45, 2.75) is 20.3 Å². The van der Waals surface area contributed by atoms with Gasteiger partial charge in [0.15, 0.2) is 13.3 Å². The summed E-state index contributed by atoms with van der Waals surface area (Å²) in [5, 5.41) is 8.67. The summed E-state index contributed by atoms with van der Waals surface area (Å²) in [5.41, 5.74) is 0.933. The maximum Gasteiger partial charge on any atom is 0.541 e. The van der Waals surface area contributed by atoms with Crippen molar-refractivity contribution in [2.75, 3.05) is 18.9 Å². The van der Waals surface area contributed by atoms with Crippen LogP contribution in [0.3, 0.4) is 0 Å². The molecule has 0 aromatic heterocycles. The first-order valence-electron chi connectivity index (χ1n) is 5.07. The number of aliphatic hydroxyl groups excluding tert-OH is 1. The Kier molecular flexibility index (Phi) is 6.50. The van der Waals surface area contributed by atoms with Crippen LogP contribution in [0.25, 0.3) is 0 Å². The van der Waals surface area contributed by atoms with E-state index in [1.54, 1.807) is 13.0 Å². The Labute approximate surface area is 98.0 Å². The Balaban J connectivity index is 4.45. The SMILES string of the molecule is [CH2+]P([CH2+])(=O)OP(=O)(CC)CC/C(C)=C\CO. The molecular weight excluding hydrogens is 246 g/mol. The molecule has 0 fully saturated rings. The second-order valence-corrected chi connectivity index (χ2v) is 8.72. The van der Waals surface area contributed by atoms with Gasteiger partial charge in [-0.1, -0.05) is 18.6 Å². The molecule has 0 radical (unpaired) electrons. The minimum absolute atomic E-state index is 0.0354. The van der Waals surface area contributed by atoms with Crippen molar-refractivity contribution in [3.63, 3.8) is 0 Å². The second-order valence-electron chi connectivity index (χ2n) is 3.73. The van der Waals surface area contributed by atoms with Gasteiger partial charge in [0, 0.05) is 12.3 Å². The highest BCUT2D eigenvalue weighted by Gasteiger charge is 2.37. The molecule has 0 aliphatic rings. The molecule has 0 aliphatic heterocycles. The van der Waals surface area contributed by atoms with Crippen LogP contribution in [0, 0.1) is 13.3 Å². The standard InChI is InChI=1S/C10H20O4P2/c1-5-16(13,14-15(3,4)12)9-7-10(2)6-8-11/h6,11H,3-5,7-9H2,1-2H3/q+2/b10-6-. The molecule has 0 bridgehead atoms. The lowest BCUT2D eigenvalue weighted by Gasteiger charge is -2.14. The summed E-state index contributed by atoms with van der Waals surface area (Å²) in [7, 11) is -6.12. The second kappa shape index (κ2) is 6.56. The first-order chi connectivity index (χ1) is 7.22. The van der Waals surface area contributed by atoms with Crippen molar-refractivity contribution < 1.29 is 18.5 Å². The number of hydrogen-bond acceptors (Lipinski definition) is 4. The summed E-state index contributed by atoms with van der Waals surface area (Å²) >= 11 is 0. The molecule has 1 atom stereocenters. The number of aliphatic hydroxyl groups is 1. The maximum absolute atomic E-state index is 12.1. The third-order valence-corrected chi connectivity index (χ3v) is 6.32. The third-order valence-electron chi connectivity index (χ3n) is 2.07. The van der Waals surface area contributed by atoms with E-state index in [9.17, 15) is 9.13 Å². The highest BCUT2D eigenvalue weighted by atomic mass is 31.2. The highest BCUT2D eigenvalue weighted by Crippen LogP contribution is 2.62. The van der Waals surface area contributed by atoms with Crippen molar-refractivity contribution in [3.05, 3.63) is 25.0 Å². The van der Waals surface area contributed by atoms with Crippen LogP contribution in [0.15, 0.2) is 11.6 Å². The molecule has 0 saturated heterocycles. The Morgan fingerprint density at radius 1 is 1.44 bits per heavy atom. The van der Waals surface area contributed by atoms with E-state index in [-0.39, 0.29) is 6.61 Å². The van der Waals surface area contributed by atoms with Gasteiger partial charge in [0.2, 0.25) is 7.37 Å². The number of rotatable bonds is 7. The van der Waals surface area contributed by atoms with Crippen LogP contribution in [0.4, 0.5) is 0 Å². The van der Waals surface area contributed by atoms with Crippen molar-refractivity contribution in [3.8, 4) is 0 Å². The predicted octanol–water partition coefficient (Wildman–Crippen LogP) is 3.49. The predicted molar refractivity (Wildman–Crippen MR) is 67.9 cm³/mol. The van der Waals surface area contributed by atoms with E-state index in [0.717, 1.165) is 5.57 Å². The minimum Gasteiger partial charge on any atom is -0.392 e. The lowest BCUT2D eigenvalue weighted by atomic mass is 10.2. The fourth-order valence-corrected chi connectivity index (χ4v) is 5.10. The monoisotopic (exact) mass is 266 g/mol. The Morgan fingerprint density at radius 2 is 2.00 bits per heavy atom. The van der Waals surface area contributed by atoms with Gasteiger partial charge in [0.1, 0.15) is 0 Å². The van der Waals surface area contributed by atoms with Crippen molar-refractivity contribution >= 4 is 14.7 Å². The van der Waals surface area contributed by atoms with Crippen LogP contribution >= 0.6 is 14.7 Å². The molecule has 1 unspecified atom stereocenters. The summed E-state index contributed by atoms with van der Waals surface area (Å²) in [5.74, 6) is 0. The first-order valence-corrected chi connectivity index (χ1v) is 9.06. The zero-order valence-electron chi connectivity index (χ0n) is 9.89. The summed E-state index contributed by atoms with van der Waals surface area (Å²) in [6.45, 7) is 10.1. The molecule has 0 aromatic carbocycles. The normalized spacial score (nSPS) is 17.1. The van der Waals surface area contributed by atoms with Gasteiger partial charge in [-0.05, 0) is 13.3 Å². The molecule has 16 heavy (non-hydrogen) atoms. The molecule has 92 valence electrons. The van der Waals surface area contributed by atoms with E-state index in [4.69, 9.17) is 9.42 Å². The summed E-state index contributed by atoms with van der Waals surface area (Å²) < 4.78 is 28.4. The summed E-state index contributed by atoms with van der Waals surface area (Å²) in [6, 6.07) is 0. The number of hydrogen-bond donors (Lipinski definition) is 1. The average molecular weight is 266 g/mol. The van der Waals surface area contributed by atoms with E-state index in [0.29, 0.717) is 18.7 Å². The summed E-state index contributed by atoms with van der Waals surface area (Å²) in [4.78, 5) is 0. The van der Waals surface area contributed by atoms with Gasteiger partial charge in [-0.2, -0.15) is 4.57 Å². The Morgan fingerprint density at radius 3 is 2.38 bits per heavy atom. The molecule has 0 heterocycles. The van der Waals surface area contributed by atoms with E-state index in [2.05, 4.69) is 13.3 Å². The van der Waals surface area contributed by atoms with Crippen LogP contribution in [-0.2, 0) is 13.4 Å². The maximum atomic E-state index is 12.1. The van der Waals surface area contributed by atoms with Crippen LogP contribution in [0.1, 0.15) is 20.3 Å². The van der Waals surface area contributed by atoms with Gasteiger partial charge in [-0.15, -0.1) is 0 Å². The van der Waals surface area contributed by atoms with Crippen LogP contribution in [-0.4, -0.2) is 24.0 Å². The zero-order valence-corrected chi connectivity index (χ0v) is 11.7. The van der Waals surface area contributed by atoms with Crippen molar-refractivity contribution in [1.29, 1.82) is 0 Å². The first kappa shape index (κ1) is 15.9. The van der Waals surface area contributed by atoms with E-state index in [1.807, 2.05) is 6.92 Å². The number of allylic oxidation sites excluding steroid dienone is 1.